The summed E-state index contributed by atoms with van der Waals surface area (Å²) in [5.41, 5.74) is 7.47. The molecule has 18 heavy (non-hydrogen) atoms. The first-order valence-electron chi connectivity index (χ1n) is 6.19. The van der Waals surface area contributed by atoms with E-state index in [0.717, 1.165) is 11.1 Å². The monoisotopic (exact) mass is 249 g/mol. The Balaban J connectivity index is 2.59. The predicted molar refractivity (Wildman–Crippen MR) is 74.2 cm³/mol. The molecule has 0 heterocycles. The second-order valence-corrected chi connectivity index (χ2v) is 5.52. The first kappa shape index (κ1) is 14.5. The van der Waals surface area contributed by atoms with E-state index in [2.05, 4.69) is 10.6 Å². The highest BCUT2D eigenvalue weighted by Gasteiger charge is 2.15. The van der Waals surface area contributed by atoms with Gasteiger partial charge in [-0.15, -0.1) is 0 Å². The summed E-state index contributed by atoms with van der Waals surface area (Å²) in [6, 6.07) is 7.76. The molecule has 0 aliphatic rings. The number of benzene rings is 1. The van der Waals surface area contributed by atoms with Gasteiger partial charge in [0, 0.05) is 12.1 Å². The van der Waals surface area contributed by atoms with Crippen molar-refractivity contribution in [3.63, 3.8) is 0 Å². The molecule has 0 radical (unpaired) electrons. The summed E-state index contributed by atoms with van der Waals surface area (Å²) in [6.07, 6.45) is 0. The van der Waals surface area contributed by atoms with Crippen molar-refractivity contribution in [2.45, 2.75) is 45.8 Å². The molecule has 2 amide bonds. The number of hydrogen-bond donors (Lipinski definition) is 3. The van der Waals surface area contributed by atoms with Crippen LogP contribution in [0, 0.1) is 0 Å². The van der Waals surface area contributed by atoms with Crippen LogP contribution in [0.4, 0.5) is 4.79 Å². The summed E-state index contributed by atoms with van der Waals surface area (Å²) in [4.78, 5) is 11.7. The smallest absolute Gasteiger partial charge is 0.315 e. The van der Waals surface area contributed by atoms with E-state index in [1.807, 2.05) is 52.0 Å². The first-order valence-corrected chi connectivity index (χ1v) is 6.19. The van der Waals surface area contributed by atoms with Crippen molar-refractivity contribution in [3.8, 4) is 0 Å². The summed E-state index contributed by atoms with van der Waals surface area (Å²) in [6.45, 7) is 8.35. The molecule has 4 nitrogen and oxygen atoms in total. The maximum atomic E-state index is 11.7. The third kappa shape index (κ3) is 4.75. The number of nitrogens with one attached hydrogen (secondary N) is 2. The molecule has 0 aliphatic carbocycles. The molecule has 0 spiro atoms. The number of hydrogen-bond acceptors (Lipinski definition) is 2. The van der Waals surface area contributed by atoms with Crippen LogP contribution in [0.5, 0.6) is 0 Å². The van der Waals surface area contributed by atoms with Crippen LogP contribution < -0.4 is 16.4 Å². The molecular formula is C14H23N3O. The SMILES string of the molecule is CC(NC(=O)NC(C)(C)C)c1ccc(CN)cc1. The average Bonchev–Trinajstić information content (AvgIpc) is 2.26. The Bertz CT molecular complexity index is 392. The first-order chi connectivity index (χ1) is 8.31. The largest absolute Gasteiger partial charge is 0.334 e. The molecule has 100 valence electrons. The molecule has 0 bridgehead atoms. The molecular weight excluding hydrogens is 226 g/mol. The second kappa shape index (κ2) is 5.87. The maximum Gasteiger partial charge on any atom is 0.315 e. The lowest BCUT2D eigenvalue weighted by Crippen LogP contribution is -2.47. The van der Waals surface area contributed by atoms with Gasteiger partial charge in [-0.2, -0.15) is 0 Å². The van der Waals surface area contributed by atoms with Gasteiger partial charge >= 0.3 is 6.03 Å². The van der Waals surface area contributed by atoms with Crippen molar-refractivity contribution in [2.24, 2.45) is 5.73 Å². The van der Waals surface area contributed by atoms with Gasteiger partial charge in [0.15, 0.2) is 0 Å². The second-order valence-electron chi connectivity index (χ2n) is 5.52. The fraction of sp³-hybridized carbons (Fsp3) is 0.500. The molecule has 1 rings (SSSR count). The Morgan fingerprint density at radius 1 is 1.28 bits per heavy atom. The Morgan fingerprint density at radius 2 is 1.83 bits per heavy atom. The van der Waals surface area contributed by atoms with Gasteiger partial charge in [0.2, 0.25) is 0 Å². The summed E-state index contributed by atoms with van der Waals surface area (Å²) in [5, 5.41) is 5.78. The van der Waals surface area contributed by atoms with E-state index in [4.69, 9.17) is 5.73 Å². The van der Waals surface area contributed by atoms with E-state index in [1.54, 1.807) is 0 Å². The van der Waals surface area contributed by atoms with Gasteiger partial charge in [-0.25, -0.2) is 4.79 Å². The van der Waals surface area contributed by atoms with Crippen LogP contribution in [-0.4, -0.2) is 11.6 Å². The predicted octanol–water partition coefficient (Wildman–Crippen LogP) is 2.30. The van der Waals surface area contributed by atoms with E-state index < -0.39 is 0 Å². The zero-order chi connectivity index (χ0) is 13.8. The fourth-order valence-electron chi connectivity index (χ4n) is 1.60. The molecule has 4 heteroatoms. The Kier molecular flexibility index (Phi) is 4.73. The van der Waals surface area contributed by atoms with Gasteiger partial charge in [-0.3, -0.25) is 0 Å². The molecule has 0 aliphatic heterocycles. The van der Waals surface area contributed by atoms with E-state index in [9.17, 15) is 4.79 Å². The number of rotatable bonds is 3. The van der Waals surface area contributed by atoms with Crippen molar-refractivity contribution in [2.75, 3.05) is 0 Å². The van der Waals surface area contributed by atoms with Crippen LogP contribution in [0.3, 0.4) is 0 Å². The van der Waals surface area contributed by atoms with E-state index in [0.29, 0.717) is 6.54 Å². The lowest BCUT2D eigenvalue weighted by molar-refractivity contribution is 0.229. The minimum absolute atomic E-state index is 0.0285. The number of nitrogens with two attached hydrogens (primary N) is 1. The van der Waals surface area contributed by atoms with Crippen LogP contribution in [0.15, 0.2) is 24.3 Å². The summed E-state index contributed by atoms with van der Waals surface area (Å²) >= 11 is 0. The van der Waals surface area contributed by atoms with Gasteiger partial charge < -0.3 is 16.4 Å². The molecule has 0 aromatic heterocycles. The standard InChI is InChI=1S/C14H23N3O/c1-10(16-13(18)17-14(2,3)4)12-7-5-11(9-15)6-8-12/h5-8,10H,9,15H2,1-4H3,(H2,16,17,18). The molecule has 1 unspecified atom stereocenters. The number of carbonyl (C=O) groups excluding carboxylic acids is 1. The number of amides is 2. The van der Waals surface area contributed by atoms with Gasteiger partial charge in [-0.1, -0.05) is 24.3 Å². The molecule has 0 saturated heterocycles. The molecule has 0 saturated carbocycles. The van der Waals surface area contributed by atoms with Crippen LogP contribution in [0.1, 0.15) is 44.9 Å². The minimum Gasteiger partial charge on any atom is -0.334 e. The lowest BCUT2D eigenvalue weighted by Gasteiger charge is -2.23. The summed E-state index contributed by atoms with van der Waals surface area (Å²) < 4.78 is 0. The Hall–Kier alpha value is -1.55. The fourth-order valence-corrected chi connectivity index (χ4v) is 1.60. The number of urea groups is 1. The van der Waals surface area contributed by atoms with Gasteiger partial charge in [0.25, 0.3) is 0 Å². The van der Waals surface area contributed by atoms with Gasteiger partial charge in [0.1, 0.15) is 0 Å². The van der Waals surface area contributed by atoms with Crippen LogP contribution in [0.2, 0.25) is 0 Å². The normalized spacial score (nSPS) is 12.9. The van der Waals surface area contributed by atoms with Crippen LogP contribution >= 0.6 is 0 Å². The Labute approximate surface area is 109 Å². The van der Waals surface area contributed by atoms with Crippen molar-refractivity contribution >= 4 is 6.03 Å². The minimum atomic E-state index is -0.229. The quantitative estimate of drug-likeness (QED) is 0.769. The third-order valence-electron chi connectivity index (χ3n) is 2.55. The Morgan fingerprint density at radius 3 is 2.28 bits per heavy atom. The molecule has 1 aromatic rings. The van der Waals surface area contributed by atoms with Gasteiger partial charge in [0.05, 0.1) is 6.04 Å². The maximum absolute atomic E-state index is 11.7. The average molecular weight is 249 g/mol. The van der Waals surface area contributed by atoms with Crippen molar-refractivity contribution in [3.05, 3.63) is 35.4 Å². The van der Waals surface area contributed by atoms with Crippen LogP contribution in [-0.2, 0) is 6.54 Å². The zero-order valence-corrected chi connectivity index (χ0v) is 11.6. The highest BCUT2D eigenvalue weighted by Crippen LogP contribution is 2.13. The highest BCUT2D eigenvalue weighted by atomic mass is 16.2. The zero-order valence-electron chi connectivity index (χ0n) is 11.6. The highest BCUT2D eigenvalue weighted by molar-refractivity contribution is 5.75. The van der Waals surface area contributed by atoms with E-state index >= 15 is 0 Å². The number of carbonyl (C=O) groups is 1. The summed E-state index contributed by atoms with van der Waals surface area (Å²) in [7, 11) is 0. The van der Waals surface area contributed by atoms with Gasteiger partial charge in [-0.05, 0) is 38.8 Å². The van der Waals surface area contributed by atoms with E-state index in [-0.39, 0.29) is 17.6 Å². The topological polar surface area (TPSA) is 67.2 Å². The molecule has 1 aromatic carbocycles. The molecule has 4 N–H and O–H groups in total. The molecule has 1 atom stereocenters. The van der Waals surface area contributed by atoms with E-state index in [1.165, 1.54) is 0 Å². The molecule has 0 fully saturated rings. The summed E-state index contributed by atoms with van der Waals surface area (Å²) in [5.74, 6) is 0. The van der Waals surface area contributed by atoms with Crippen molar-refractivity contribution in [1.29, 1.82) is 0 Å². The lowest BCUT2D eigenvalue weighted by atomic mass is 10.1. The van der Waals surface area contributed by atoms with Crippen molar-refractivity contribution < 1.29 is 4.79 Å². The third-order valence-corrected chi connectivity index (χ3v) is 2.55. The van der Waals surface area contributed by atoms with Crippen molar-refractivity contribution in [1.82, 2.24) is 10.6 Å². The van der Waals surface area contributed by atoms with Crippen LogP contribution in [0.25, 0.3) is 0 Å².